The molecule has 0 bridgehead atoms. The van der Waals surface area contributed by atoms with Gasteiger partial charge >= 0.3 is 0 Å². The van der Waals surface area contributed by atoms with Crippen molar-refractivity contribution in [2.75, 3.05) is 6.54 Å². The molecule has 0 aromatic heterocycles. The number of nitrogens with one attached hydrogen (secondary N) is 1. The Bertz CT molecular complexity index is 897. The van der Waals surface area contributed by atoms with Crippen LogP contribution >= 0.6 is 0 Å². The lowest BCUT2D eigenvalue weighted by Crippen LogP contribution is -2.36. The fraction of sp³-hybridized carbons (Fsp3) is 0.421. The minimum absolute atomic E-state index is 0.00297. The highest BCUT2D eigenvalue weighted by molar-refractivity contribution is 7.89. The zero-order chi connectivity index (χ0) is 20.5. The van der Waals surface area contributed by atoms with Crippen LogP contribution in [-0.4, -0.2) is 37.6 Å². The van der Waals surface area contributed by atoms with Gasteiger partial charge in [0.15, 0.2) is 0 Å². The summed E-state index contributed by atoms with van der Waals surface area (Å²) in [5.41, 5.74) is 0.714. The minimum atomic E-state index is -3.77. The molecule has 0 saturated carbocycles. The lowest BCUT2D eigenvalue weighted by atomic mass is 9.85. The van der Waals surface area contributed by atoms with Crippen molar-refractivity contribution < 1.29 is 22.8 Å². The van der Waals surface area contributed by atoms with Gasteiger partial charge in [0.05, 0.1) is 22.8 Å². The van der Waals surface area contributed by atoms with E-state index in [1.807, 2.05) is 12.2 Å². The summed E-state index contributed by atoms with van der Waals surface area (Å²) in [5, 5.41) is 7.86. The first kappa shape index (κ1) is 20.2. The number of amides is 3. The first-order valence-electron chi connectivity index (χ1n) is 9.11. The van der Waals surface area contributed by atoms with E-state index in [1.54, 1.807) is 19.1 Å². The van der Waals surface area contributed by atoms with Crippen molar-refractivity contribution in [2.45, 2.75) is 37.1 Å². The molecule has 8 nitrogen and oxygen atoms in total. The second kappa shape index (κ2) is 7.84. The van der Waals surface area contributed by atoms with Crippen molar-refractivity contribution in [1.29, 1.82) is 0 Å². The molecule has 0 radical (unpaired) electrons. The van der Waals surface area contributed by atoms with E-state index in [4.69, 9.17) is 5.14 Å². The Kier molecular flexibility index (Phi) is 5.66. The third kappa shape index (κ3) is 4.15. The number of nitrogens with zero attached hydrogens (tertiary/aromatic N) is 1. The Balaban J connectivity index is 1.54. The number of benzene rings is 1. The maximum atomic E-state index is 12.4. The van der Waals surface area contributed by atoms with E-state index >= 15 is 0 Å². The first-order chi connectivity index (χ1) is 13.2. The van der Waals surface area contributed by atoms with Crippen LogP contribution < -0.4 is 10.5 Å². The van der Waals surface area contributed by atoms with Gasteiger partial charge in [-0.3, -0.25) is 19.3 Å². The summed E-state index contributed by atoms with van der Waals surface area (Å²) in [4.78, 5) is 38.2. The normalized spacial score (nSPS) is 22.9. The van der Waals surface area contributed by atoms with Crippen LogP contribution in [-0.2, 0) is 24.4 Å². The van der Waals surface area contributed by atoms with Crippen molar-refractivity contribution >= 4 is 27.7 Å². The van der Waals surface area contributed by atoms with Crippen LogP contribution in [0.15, 0.2) is 41.3 Å². The average Bonchev–Trinajstić information content (AvgIpc) is 2.90. The summed E-state index contributed by atoms with van der Waals surface area (Å²) in [5.74, 6) is -1.28. The average molecular weight is 405 g/mol. The molecule has 3 atom stereocenters. The van der Waals surface area contributed by atoms with Gasteiger partial charge < -0.3 is 5.32 Å². The topological polar surface area (TPSA) is 127 Å². The smallest absolute Gasteiger partial charge is 0.238 e. The lowest BCUT2D eigenvalue weighted by Gasteiger charge is -2.17. The predicted octanol–water partition coefficient (Wildman–Crippen LogP) is 0.853. The predicted molar refractivity (Wildman–Crippen MR) is 101 cm³/mol. The SMILES string of the molecule is C[C@@H](NC(=O)CCN1C(=O)[C@H]2CC=CC[C@H]2C1=O)c1ccc(S(N)(=O)=O)cc1. The van der Waals surface area contributed by atoms with E-state index in [0.717, 1.165) is 0 Å². The van der Waals surface area contributed by atoms with Crippen LogP contribution in [0.5, 0.6) is 0 Å². The second-order valence-corrected chi connectivity index (χ2v) is 8.70. The number of hydrogen-bond acceptors (Lipinski definition) is 5. The molecule has 3 amide bonds. The number of allylic oxidation sites excluding steroid dienone is 2. The van der Waals surface area contributed by atoms with Gasteiger partial charge in [-0.05, 0) is 37.5 Å². The van der Waals surface area contributed by atoms with Crippen LogP contribution in [0.25, 0.3) is 0 Å². The summed E-state index contributed by atoms with van der Waals surface area (Å²) < 4.78 is 22.6. The Morgan fingerprint density at radius 2 is 1.68 bits per heavy atom. The fourth-order valence-corrected chi connectivity index (χ4v) is 4.16. The number of sulfonamides is 1. The molecule has 0 unspecified atom stereocenters. The fourth-order valence-electron chi connectivity index (χ4n) is 3.65. The van der Waals surface area contributed by atoms with Crippen LogP contribution in [0.4, 0.5) is 0 Å². The van der Waals surface area contributed by atoms with Crippen molar-refractivity contribution in [2.24, 2.45) is 17.0 Å². The maximum Gasteiger partial charge on any atom is 0.238 e. The van der Waals surface area contributed by atoms with Crippen molar-refractivity contribution in [3.05, 3.63) is 42.0 Å². The number of hydrogen-bond donors (Lipinski definition) is 2. The molecule has 3 N–H and O–H groups in total. The van der Waals surface area contributed by atoms with Crippen molar-refractivity contribution in [3.8, 4) is 0 Å². The Morgan fingerprint density at radius 3 is 2.18 bits per heavy atom. The molecule has 1 aliphatic heterocycles. The molecule has 150 valence electrons. The summed E-state index contributed by atoms with van der Waals surface area (Å²) >= 11 is 0. The van der Waals surface area contributed by atoms with Gasteiger partial charge in [0.25, 0.3) is 0 Å². The monoisotopic (exact) mass is 405 g/mol. The van der Waals surface area contributed by atoms with Crippen molar-refractivity contribution in [3.63, 3.8) is 0 Å². The van der Waals surface area contributed by atoms with Crippen LogP contribution in [0.3, 0.4) is 0 Å². The number of rotatable bonds is 6. The first-order valence-corrected chi connectivity index (χ1v) is 10.7. The number of fused-ring (bicyclic) bond motifs is 1. The molecule has 0 spiro atoms. The summed E-state index contributed by atoms with van der Waals surface area (Å²) in [6.45, 7) is 1.82. The standard InChI is InChI=1S/C19H23N3O5S/c1-12(13-6-8-14(9-7-13)28(20,26)27)21-17(23)10-11-22-18(24)15-4-2-3-5-16(15)19(22)25/h2-3,6-9,12,15-16H,4-5,10-11H2,1H3,(H,21,23)(H2,20,26,27)/t12-,15-,16+/m1/s1. The molecular weight excluding hydrogens is 382 g/mol. The molecule has 9 heteroatoms. The molecule has 1 aromatic rings. The molecule has 1 heterocycles. The van der Waals surface area contributed by atoms with Crippen LogP contribution in [0, 0.1) is 11.8 Å². The zero-order valence-electron chi connectivity index (χ0n) is 15.5. The molecule has 3 rings (SSSR count). The molecule has 28 heavy (non-hydrogen) atoms. The number of nitrogens with two attached hydrogens (primary N) is 1. The molecule has 1 saturated heterocycles. The summed E-state index contributed by atoms with van der Waals surface area (Å²) in [6, 6.07) is 5.56. The van der Waals surface area contributed by atoms with Gasteiger partial charge in [-0.15, -0.1) is 0 Å². The molecular formula is C19H23N3O5S. The maximum absolute atomic E-state index is 12.4. The van der Waals surface area contributed by atoms with E-state index < -0.39 is 10.0 Å². The number of primary sulfonamides is 1. The highest BCUT2D eigenvalue weighted by atomic mass is 32.2. The van der Waals surface area contributed by atoms with E-state index in [2.05, 4.69) is 5.32 Å². The largest absolute Gasteiger partial charge is 0.350 e. The second-order valence-electron chi connectivity index (χ2n) is 7.14. The molecule has 1 fully saturated rings. The Morgan fingerprint density at radius 1 is 1.14 bits per heavy atom. The van der Waals surface area contributed by atoms with Gasteiger partial charge in [0, 0.05) is 13.0 Å². The highest BCUT2D eigenvalue weighted by Gasteiger charge is 2.46. The Hall–Kier alpha value is -2.52. The summed E-state index contributed by atoms with van der Waals surface area (Å²) in [7, 11) is -3.77. The van der Waals surface area contributed by atoms with Crippen LogP contribution in [0.1, 0.15) is 37.8 Å². The minimum Gasteiger partial charge on any atom is -0.350 e. The molecule has 2 aliphatic rings. The van der Waals surface area contributed by atoms with Crippen LogP contribution in [0.2, 0.25) is 0 Å². The van der Waals surface area contributed by atoms with Gasteiger partial charge in [-0.2, -0.15) is 0 Å². The van der Waals surface area contributed by atoms with E-state index in [1.165, 1.54) is 17.0 Å². The number of likely N-dealkylation sites (tertiary alicyclic amines) is 1. The number of imide groups is 1. The van der Waals surface area contributed by atoms with Crippen molar-refractivity contribution in [1.82, 2.24) is 10.2 Å². The molecule has 1 aromatic carbocycles. The third-order valence-corrected chi connectivity index (χ3v) is 6.18. The number of carbonyl (C=O) groups is 3. The molecule has 1 aliphatic carbocycles. The van der Waals surface area contributed by atoms with E-state index in [9.17, 15) is 22.8 Å². The third-order valence-electron chi connectivity index (χ3n) is 5.25. The quantitative estimate of drug-likeness (QED) is 0.536. The lowest BCUT2D eigenvalue weighted by molar-refractivity contribution is -0.140. The van der Waals surface area contributed by atoms with Gasteiger partial charge in [-0.25, -0.2) is 13.6 Å². The summed E-state index contributed by atoms with van der Waals surface area (Å²) in [6.07, 6.45) is 5.01. The number of carbonyl (C=O) groups excluding carboxylic acids is 3. The van der Waals surface area contributed by atoms with E-state index in [-0.39, 0.29) is 53.5 Å². The van der Waals surface area contributed by atoms with Gasteiger partial charge in [0.1, 0.15) is 0 Å². The van der Waals surface area contributed by atoms with E-state index in [0.29, 0.717) is 18.4 Å². The zero-order valence-corrected chi connectivity index (χ0v) is 16.3. The Labute approximate surface area is 163 Å². The van der Waals surface area contributed by atoms with Gasteiger partial charge in [-0.1, -0.05) is 24.3 Å². The highest BCUT2D eigenvalue weighted by Crippen LogP contribution is 2.35. The van der Waals surface area contributed by atoms with Gasteiger partial charge in [0.2, 0.25) is 27.7 Å².